The Labute approximate surface area is 357 Å². The van der Waals surface area contributed by atoms with Crippen LogP contribution in [0.2, 0.25) is 0 Å². The van der Waals surface area contributed by atoms with Crippen molar-refractivity contribution in [2.45, 2.75) is 0 Å². The van der Waals surface area contributed by atoms with E-state index in [4.69, 9.17) is 11.0 Å². The first-order chi connectivity index (χ1) is 36.6. The molecule has 0 atom stereocenters. The van der Waals surface area contributed by atoms with Crippen molar-refractivity contribution in [1.29, 1.82) is 0 Å². The monoisotopic (exact) mass is 745 g/mol. The first-order valence-electron chi connectivity index (χ1n) is 28.0. The molecule has 0 bridgehead atoms. The molecular formula is C54H35N3. The Morgan fingerprint density at radius 2 is 0.825 bits per heavy atom. The Hall–Kier alpha value is -7.62. The van der Waals surface area contributed by atoms with Crippen LogP contribution in [0.5, 0.6) is 0 Å². The van der Waals surface area contributed by atoms with Gasteiger partial charge < -0.3 is 13.7 Å². The smallest absolute Gasteiger partial charge is 0.0667 e. The first-order valence-corrected chi connectivity index (χ1v) is 18.0. The highest BCUT2D eigenvalue weighted by molar-refractivity contribution is 6.14. The maximum absolute atomic E-state index is 10.2. The van der Waals surface area contributed by atoms with Crippen molar-refractivity contribution in [2.24, 2.45) is 0 Å². The molecule has 0 aliphatic rings. The van der Waals surface area contributed by atoms with Crippen molar-refractivity contribution in [1.82, 2.24) is 13.7 Å². The van der Waals surface area contributed by atoms with Crippen molar-refractivity contribution in [2.75, 3.05) is 0 Å². The summed E-state index contributed by atoms with van der Waals surface area (Å²) in [6.45, 7) is 0. The number of nitrogens with zero attached hydrogens (tertiary/aromatic N) is 3. The van der Waals surface area contributed by atoms with Gasteiger partial charge in [0.25, 0.3) is 0 Å². The highest BCUT2D eigenvalue weighted by atomic mass is 15.0. The maximum Gasteiger partial charge on any atom is 0.0667 e. The second-order valence-corrected chi connectivity index (χ2v) is 13.4. The van der Waals surface area contributed by atoms with E-state index in [-0.39, 0.29) is 43.6 Å². The number of para-hydroxylation sites is 5. The van der Waals surface area contributed by atoms with Crippen molar-refractivity contribution < 1.29 is 27.4 Å². The Morgan fingerprint density at radius 1 is 0.298 bits per heavy atom. The van der Waals surface area contributed by atoms with Gasteiger partial charge in [-0.25, -0.2) is 0 Å². The van der Waals surface area contributed by atoms with Gasteiger partial charge in [0, 0.05) is 49.3 Å². The van der Waals surface area contributed by atoms with Crippen LogP contribution >= 0.6 is 0 Å². The first kappa shape index (κ1) is 17.9. The summed E-state index contributed by atoms with van der Waals surface area (Å²) in [4.78, 5) is 0. The molecule has 0 radical (unpaired) electrons. The predicted molar refractivity (Wildman–Crippen MR) is 240 cm³/mol. The molecule has 0 fully saturated rings. The van der Waals surface area contributed by atoms with Gasteiger partial charge in [0.1, 0.15) is 0 Å². The third-order valence-corrected chi connectivity index (χ3v) is 10.3. The van der Waals surface area contributed by atoms with E-state index in [1.165, 1.54) is 15.2 Å². The molecule has 3 heteroatoms. The summed E-state index contributed by atoms with van der Waals surface area (Å²) in [6, 6.07) is 12.8. The lowest BCUT2D eigenvalue weighted by Crippen LogP contribution is -1.98. The minimum atomic E-state index is -0.795. The summed E-state index contributed by atoms with van der Waals surface area (Å²) in [5.74, 6) is 0. The van der Waals surface area contributed by atoms with Crippen LogP contribution in [0.15, 0.2) is 212 Å². The van der Waals surface area contributed by atoms with Crippen LogP contribution in [-0.2, 0) is 0 Å². The topological polar surface area (TPSA) is 14.8 Å². The summed E-state index contributed by atoms with van der Waals surface area (Å²) in [6.07, 6.45) is 0. The molecule has 0 aliphatic heterocycles. The highest BCUT2D eigenvalue weighted by Crippen LogP contribution is 2.41. The quantitative estimate of drug-likeness (QED) is 0.167. The van der Waals surface area contributed by atoms with E-state index in [0.29, 0.717) is 22.5 Å². The van der Waals surface area contributed by atoms with E-state index in [1.54, 1.807) is 66.7 Å². The molecular weight excluding hydrogens is 691 g/mol. The highest BCUT2D eigenvalue weighted by Gasteiger charge is 2.19. The van der Waals surface area contributed by atoms with Gasteiger partial charge in [-0.1, -0.05) is 139 Å². The Balaban J connectivity index is 1.26. The molecule has 3 aromatic heterocycles. The van der Waals surface area contributed by atoms with Gasteiger partial charge in [0.15, 0.2) is 0 Å². The molecule has 3 nitrogen and oxygen atoms in total. The molecule has 0 N–H and O–H groups in total. The largest absolute Gasteiger partial charge is 0.309 e. The van der Waals surface area contributed by atoms with Gasteiger partial charge in [0.2, 0.25) is 0 Å². The van der Waals surface area contributed by atoms with Crippen molar-refractivity contribution in [3.63, 3.8) is 0 Å². The second-order valence-electron chi connectivity index (χ2n) is 13.4. The number of hydrogen-bond acceptors (Lipinski definition) is 0. The summed E-state index contributed by atoms with van der Waals surface area (Å²) < 4.78 is 190. The molecule has 0 unspecified atom stereocenters. The van der Waals surface area contributed by atoms with Gasteiger partial charge in [-0.05, 0) is 89.3 Å². The Morgan fingerprint density at radius 3 is 1.54 bits per heavy atom. The maximum atomic E-state index is 10.2. The van der Waals surface area contributed by atoms with Gasteiger partial charge in [-0.2, -0.15) is 0 Å². The summed E-state index contributed by atoms with van der Waals surface area (Å²) in [5.41, 5.74) is -0.715. The minimum Gasteiger partial charge on any atom is -0.309 e. The number of fused-ring (bicyclic) bond motifs is 9. The molecule has 3 heterocycles. The SMILES string of the molecule is [2H]c1cc2c(c([2H])c1-c1c([2H])c([2H])c3c(c1[2H])c1c([2H])c([2H])c([2H])c([2H])c1n3-c1c([2H])c([2H])c3c4c([2H])c([2H])c([2H])c([2H])c4n(-c4ccccc4-c4ccccc4)c3c1[2H])c1c([2H])c([2H])c([2H])c([2H])c1n2-c1ccccc1. The van der Waals surface area contributed by atoms with Crippen LogP contribution in [0, 0.1) is 0 Å². The van der Waals surface area contributed by atoms with Gasteiger partial charge in [-0.15, -0.1) is 0 Å². The van der Waals surface area contributed by atoms with E-state index in [1.807, 2.05) is 18.2 Å². The van der Waals surface area contributed by atoms with Gasteiger partial charge >= 0.3 is 0 Å². The molecule has 12 rings (SSSR count). The molecule has 0 aliphatic carbocycles. The van der Waals surface area contributed by atoms with Crippen molar-refractivity contribution in [3.05, 3.63) is 212 Å². The Kier molecular flexibility index (Phi) is 3.91. The third kappa shape index (κ3) is 4.79. The van der Waals surface area contributed by atoms with Crippen LogP contribution in [-0.4, -0.2) is 13.7 Å². The zero-order chi connectivity index (χ0) is 54.9. The Bertz CT molecular complexity index is 4680. The molecule has 266 valence electrons. The zero-order valence-electron chi connectivity index (χ0n) is 49.5. The van der Waals surface area contributed by atoms with Crippen molar-refractivity contribution in [3.8, 4) is 39.3 Å². The van der Waals surface area contributed by atoms with E-state index in [2.05, 4.69) is 0 Å². The number of hydrogen-bond donors (Lipinski definition) is 0. The van der Waals surface area contributed by atoms with Crippen LogP contribution < -0.4 is 0 Å². The van der Waals surface area contributed by atoms with Crippen LogP contribution in [0.4, 0.5) is 0 Å². The van der Waals surface area contributed by atoms with Gasteiger partial charge in [0.05, 0.1) is 66.2 Å². The standard InChI is InChI=1S/C54H35N3/c1-3-15-36(16-4-1)41-19-7-11-23-48(41)57-51-26-14-8-20-42(51)45-30-29-40(35-54(45)57)56-50-25-13-10-22-44(50)47-34-38(28-32-53(47)56)37-27-31-52-46(33-37)43-21-9-12-24-49(43)55(52)39-17-5-2-6-18-39/h1-35H/i8D,9D,10D,12D,13D,14D,20D,21D,22D,24D,25D,26D,27D,28D,29D,30D,32D,33D,34D,35D. The fourth-order valence-electron chi connectivity index (χ4n) is 7.81. The molecule has 57 heavy (non-hydrogen) atoms. The summed E-state index contributed by atoms with van der Waals surface area (Å²) >= 11 is 0. The summed E-state index contributed by atoms with van der Waals surface area (Å²) in [7, 11) is 0. The zero-order valence-corrected chi connectivity index (χ0v) is 29.5. The van der Waals surface area contributed by atoms with Gasteiger partial charge in [-0.3, -0.25) is 0 Å². The molecule has 12 aromatic rings. The molecule has 0 saturated carbocycles. The molecule has 0 spiro atoms. The predicted octanol–water partition coefficient (Wildman–Crippen LogP) is 14.3. The van der Waals surface area contributed by atoms with E-state index in [9.17, 15) is 16.4 Å². The number of aromatic nitrogens is 3. The number of rotatable bonds is 5. The lowest BCUT2D eigenvalue weighted by molar-refractivity contribution is 1.16. The van der Waals surface area contributed by atoms with Crippen LogP contribution in [0.3, 0.4) is 0 Å². The van der Waals surface area contributed by atoms with Crippen LogP contribution in [0.25, 0.3) is 105 Å². The molecule has 0 saturated heterocycles. The fraction of sp³-hybridized carbons (Fsp3) is 0. The van der Waals surface area contributed by atoms with Crippen molar-refractivity contribution >= 4 is 65.4 Å². The fourth-order valence-corrected chi connectivity index (χ4v) is 7.81. The third-order valence-electron chi connectivity index (χ3n) is 10.3. The minimum absolute atomic E-state index is 0.0148. The van der Waals surface area contributed by atoms with E-state index in [0.717, 1.165) is 4.57 Å². The second kappa shape index (κ2) is 12.5. The lowest BCUT2D eigenvalue weighted by atomic mass is 10.0. The van der Waals surface area contributed by atoms with Crippen LogP contribution in [0.1, 0.15) is 27.4 Å². The molecule has 9 aromatic carbocycles. The molecule has 0 amide bonds. The summed E-state index contributed by atoms with van der Waals surface area (Å²) in [5, 5.41) is -1.37. The number of benzene rings is 9. The lowest BCUT2D eigenvalue weighted by Gasteiger charge is -2.15. The average Bonchev–Trinajstić information content (AvgIpc) is 3.86. The van der Waals surface area contributed by atoms with E-state index >= 15 is 0 Å². The normalized spacial score (nSPS) is 16.8. The van der Waals surface area contributed by atoms with E-state index < -0.39 is 159 Å². The average molecular weight is 746 g/mol.